The third kappa shape index (κ3) is 4.81. The molecule has 1 fully saturated rings. The number of rotatable bonds is 8. The highest BCUT2D eigenvalue weighted by Gasteiger charge is 2.30. The summed E-state index contributed by atoms with van der Waals surface area (Å²) in [5, 5.41) is 5.41. The SMILES string of the molecule is Cc1nn(-c2ccc(Cl)cc2)c(Oc2ccccc2)c1CN(CC1CC1)C(=O)c1ccco1. The lowest BCUT2D eigenvalue weighted by molar-refractivity contribution is 0.0701. The zero-order valence-electron chi connectivity index (χ0n) is 18.3. The van der Waals surface area contributed by atoms with Gasteiger partial charge in [0.05, 0.1) is 29.8 Å². The quantitative estimate of drug-likeness (QED) is 0.310. The van der Waals surface area contributed by atoms with E-state index < -0.39 is 0 Å². The molecule has 0 saturated heterocycles. The summed E-state index contributed by atoms with van der Waals surface area (Å²) in [5.74, 6) is 2.00. The molecule has 168 valence electrons. The Morgan fingerprint density at radius 3 is 2.55 bits per heavy atom. The molecule has 0 aliphatic heterocycles. The van der Waals surface area contributed by atoms with E-state index in [0.717, 1.165) is 29.8 Å². The predicted octanol–water partition coefficient (Wildman–Crippen LogP) is 6.27. The number of aryl methyl sites for hydroxylation is 1. The van der Waals surface area contributed by atoms with Gasteiger partial charge in [0, 0.05) is 11.6 Å². The predicted molar refractivity (Wildman–Crippen MR) is 126 cm³/mol. The molecule has 0 bridgehead atoms. The number of halogens is 1. The molecule has 0 spiro atoms. The van der Waals surface area contributed by atoms with Crippen molar-refractivity contribution in [2.24, 2.45) is 5.92 Å². The Hall–Kier alpha value is -3.51. The minimum Gasteiger partial charge on any atom is -0.459 e. The average molecular weight is 462 g/mol. The number of aromatic nitrogens is 2. The fraction of sp³-hybridized carbons (Fsp3) is 0.231. The molecular formula is C26H24ClN3O3. The number of nitrogens with zero attached hydrogens (tertiary/aromatic N) is 3. The van der Waals surface area contributed by atoms with Crippen LogP contribution in [0, 0.1) is 12.8 Å². The maximum Gasteiger partial charge on any atom is 0.289 e. The molecule has 5 rings (SSSR count). The van der Waals surface area contributed by atoms with Crippen molar-refractivity contribution >= 4 is 17.5 Å². The fourth-order valence-electron chi connectivity index (χ4n) is 3.76. The number of hydrogen-bond donors (Lipinski definition) is 0. The number of para-hydroxylation sites is 1. The van der Waals surface area contributed by atoms with Crippen molar-refractivity contribution in [2.45, 2.75) is 26.3 Å². The van der Waals surface area contributed by atoms with Crippen LogP contribution in [-0.2, 0) is 6.54 Å². The van der Waals surface area contributed by atoms with Gasteiger partial charge in [-0.1, -0.05) is 29.8 Å². The van der Waals surface area contributed by atoms with Crippen LogP contribution in [0.25, 0.3) is 5.69 Å². The van der Waals surface area contributed by atoms with E-state index >= 15 is 0 Å². The number of hydrogen-bond acceptors (Lipinski definition) is 4. The fourth-order valence-corrected chi connectivity index (χ4v) is 3.89. The van der Waals surface area contributed by atoms with E-state index in [0.29, 0.717) is 41.4 Å². The lowest BCUT2D eigenvalue weighted by Gasteiger charge is -2.22. The average Bonchev–Trinajstić information content (AvgIpc) is 3.37. The smallest absolute Gasteiger partial charge is 0.289 e. The lowest BCUT2D eigenvalue weighted by atomic mass is 10.2. The van der Waals surface area contributed by atoms with Crippen LogP contribution in [0.5, 0.6) is 11.6 Å². The van der Waals surface area contributed by atoms with Crippen molar-refractivity contribution in [1.29, 1.82) is 0 Å². The van der Waals surface area contributed by atoms with E-state index in [-0.39, 0.29) is 5.91 Å². The molecule has 0 unspecified atom stereocenters. The molecule has 0 N–H and O–H groups in total. The zero-order chi connectivity index (χ0) is 22.8. The molecule has 33 heavy (non-hydrogen) atoms. The van der Waals surface area contributed by atoms with Crippen molar-refractivity contribution in [3.63, 3.8) is 0 Å². The zero-order valence-corrected chi connectivity index (χ0v) is 19.0. The third-order valence-electron chi connectivity index (χ3n) is 5.71. The first kappa shape index (κ1) is 21.3. The normalized spacial score (nSPS) is 13.2. The Bertz CT molecular complexity index is 1230. The summed E-state index contributed by atoms with van der Waals surface area (Å²) in [6.45, 7) is 2.99. The van der Waals surface area contributed by atoms with Gasteiger partial charge in [0.15, 0.2) is 5.76 Å². The Kier molecular flexibility index (Phi) is 5.92. The van der Waals surface area contributed by atoms with E-state index in [1.807, 2.05) is 66.4 Å². The number of benzene rings is 2. The summed E-state index contributed by atoms with van der Waals surface area (Å²) in [4.78, 5) is 15.1. The van der Waals surface area contributed by atoms with Crippen LogP contribution in [0.4, 0.5) is 0 Å². The van der Waals surface area contributed by atoms with Gasteiger partial charge in [-0.05, 0) is 74.2 Å². The van der Waals surface area contributed by atoms with Crippen LogP contribution in [0.1, 0.15) is 34.7 Å². The number of carbonyl (C=O) groups is 1. The Labute approximate surface area is 197 Å². The molecule has 6 nitrogen and oxygen atoms in total. The van der Waals surface area contributed by atoms with Crippen LogP contribution < -0.4 is 4.74 Å². The number of ether oxygens (including phenoxy) is 1. The van der Waals surface area contributed by atoms with Gasteiger partial charge in [-0.25, -0.2) is 4.68 Å². The van der Waals surface area contributed by atoms with Crippen molar-refractivity contribution in [2.75, 3.05) is 6.54 Å². The summed E-state index contributed by atoms with van der Waals surface area (Å²) < 4.78 is 13.5. The van der Waals surface area contributed by atoms with Gasteiger partial charge in [0.2, 0.25) is 5.88 Å². The molecule has 1 aliphatic carbocycles. The highest BCUT2D eigenvalue weighted by Crippen LogP contribution is 2.35. The van der Waals surface area contributed by atoms with Gasteiger partial charge in [-0.2, -0.15) is 5.10 Å². The highest BCUT2D eigenvalue weighted by molar-refractivity contribution is 6.30. The van der Waals surface area contributed by atoms with Crippen LogP contribution in [-0.4, -0.2) is 27.1 Å². The lowest BCUT2D eigenvalue weighted by Crippen LogP contribution is -2.32. The Morgan fingerprint density at radius 2 is 1.88 bits per heavy atom. The molecule has 2 aromatic heterocycles. The van der Waals surface area contributed by atoms with E-state index in [9.17, 15) is 4.79 Å². The van der Waals surface area contributed by atoms with Gasteiger partial charge in [0.25, 0.3) is 5.91 Å². The molecule has 1 aliphatic rings. The first-order valence-corrected chi connectivity index (χ1v) is 11.4. The molecule has 2 aromatic carbocycles. The summed E-state index contributed by atoms with van der Waals surface area (Å²) in [5.41, 5.74) is 2.48. The van der Waals surface area contributed by atoms with E-state index in [2.05, 4.69) is 0 Å². The van der Waals surface area contributed by atoms with Gasteiger partial charge in [-0.15, -0.1) is 0 Å². The topological polar surface area (TPSA) is 60.5 Å². The monoisotopic (exact) mass is 461 g/mol. The first-order chi connectivity index (χ1) is 16.1. The summed E-state index contributed by atoms with van der Waals surface area (Å²) >= 11 is 6.10. The molecule has 7 heteroatoms. The summed E-state index contributed by atoms with van der Waals surface area (Å²) in [6, 6.07) is 20.4. The van der Waals surface area contributed by atoms with Crippen molar-refractivity contribution in [3.8, 4) is 17.3 Å². The van der Waals surface area contributed by atoms with Crippen molar-refractivity contribution in [1.82, 2.24) is 14.7 Å². The molecule has 0 radical (unpaired) electrons. The van der Waals surface area contributed by atoms with Crippen LogP contribution >= 0.6 is 11.6 Å². The summed E-state index contributed by atoms with van der Waals surface area (Å²) in [7, 11) is 0. The number of furan rings is 1. The van der Waals surface area contributed by atoms with Crippen molar-refractivity contribution < 1.29 is 13.9 Å². The molecule has 4 aromatic rings. The maximum absolute atomic E-state index is 13.2. The Balaban J connectivity index is 1.54. The first-order valence-electron chi connectivity index (χ1n) is 11.0. The molecule has 1 amide bonds. The van der Waals surface area contributed by atoms with E-state index in [1.165, 1.54) is 6.26 Å². The van der Waals surface area contributed by atoms with Crippen LogP contribution in [0.15, 0.2) is 77.4 Å². The van der Waals surface area contributed by atoms with Gasteiger partial charge < -0.3 is 14.1 Å². The second-order valence-corrected chi connectivity index (χ2v) is 8.72. The summed E-state index contributed by atoms with van der Waals surface area (Å²) in [6.07, 6.45) is 3.80. The molecule has 2 heterocycles. The Morgan fingerprint density at radius 1 is 1.12 bits per heavy atom. The van der Waals surface area contributed by atoms with Gasteiger partial charge in [0.1, 0.15) is 5.75 Å². The molecule has 0 atom stereocenters. The molecular weight excluding hydrogens is 438 g/mol. The van der Waals surface area contributed by atoms with Gasteiger partial charge >= 0.3 is 0 Å². The minimum absolute atomic E-state index is 0.129. The largest absolute Gasteiger partial charge is 0.459 e. The molecule has 1 saturated carbocycles. The number of carbonyl (C=O) groups excluding carboxylic acids is 1. The van der Waals surface area contributed by atoms with E-state index in [4.69, 9.17) is 25.9 Å². The highest BCUT2D eigenvalue weighted by atomic mass is 35.5. The number of amides is 1. The minimum atomic E-state index is -0.129. The maximum atomic E-state index is 13.2. The van der Waals surface area contributed by atoms with Crippen LogP contribution in [0.2, 0.25) is 5.02 Å². The van der Waals surface area contributed by atoms with Crippen molar-refractivity contribution in [3.05, 3.63) is 95.0 Å². The third-order valence-corrected chi connectivity index (χ3v) is 5.96. The standard InChI is InChI=1S/C26H24ClN3O3/c1-18-23(17-29(16-19-9-10-19)25(31)24-8-5-15-32-24)26(33-22-6-3-2-4-7-22)30(28-18)21-13-11-20(27)12-14-21/h2-8,11-15,19H,9-10,16-17H2,1H3. The second-order valence-electron chi connectivity index (χ2n) is 8.28. The van der Waals surface area contributed by atoms with Crippen LogP contribution in [0.3, 0.4) is 0 Å². The second kappa shape index (κ2) is 9.16. The van der Waals surface area contributed by atoms with Gasteiger partial charge in [-0.3, -0.25) is 4.79 Å². The van der Waals surface area contributed by atoms with E-state index in [1.54, 1.807) is 16.8 Å².